The first-order valence-corrected chi connectivity index (χ1v) is 6.39. The number of rotatable bonds is 7. The summed E-state index contributed by atoms with van der Waals surface area (Å²) in [5, 5.41) is 0. The van der Waals surface area contributed by atoms with Gasteiger partial charge < -0.3 is 20.1 Å². The van der Waals surface area contributed by atoms with E-state index in [1.54, 1.807) is 37.3 Å². The molecule has 1 aromatic rings. The molecule has 1 rings (SSSR count). The second kappa shape index (κ2) is 7.63. The number of nitrogens with zero attached hydrogens (tertiary/aromatic N) is 1. The van der Waals surface area contributed by atoms with E-state index in [0.29, 0.717) is 36.7 Å². The molecule has 0 aromatic heterocycles. The molecule has 0 saturated carbocycles. The lowest BCUT2D eigenvalue weighted by Crippen LogP contribution is -2.33. The maximum atomic E-state index is 12.5. The maximum absolute atomic E-state index is 12.5. The van der Waals surface area contributed by atoms with E-state index in [2.05, 4.69) is 0 Å². The molecule has 0 spiro atoms. The van der Waals surface area contributed by atoms with Crippen LogP contribution in [-0.2, 0) is 0 Å². The molecule has 106 valence electrons. The highest BCUT2D eigenvalue weighted by molar-refractivity contribution is 5.97. The fraction of sp³-hybridized carbons (Fsp3) is 0.500. The summed E-state index contributed by atoms with van der Waals surface area (Å²) in [6.45, 7) is 3.80. The number of carbonyl (C=O) groups is 1. The molecule has 5 nitrogen and oxygen atoms in total. The minimum Gasteiger partial charge on any atom is -0.497 e. The predicted molar refractivity (Wildman–Crippen MR) is 74.8 cm³/mol. The molecule has 1 aromatic carbocycles. The second-order valence-corrected chi connectivity index (χ2v) is 4.09. The third kappa shape index (κ3) is 3.86. The van der Waals surface area contributed by atoms with Crippen molar-refractivity contribution in [3.8, 4) is 11.5 Å². The van der Waals surface area contributed by atoms with Gasteiger partial charge in [0, 0.05) is 13.1 Å². The average molecular weight is 266 g/mol. The molecule has 2 N–H and O–H groups in total. The molecule has 0 aliphatic carbocycles. The Balaban J connectivity index is 3.01. The fourth-order valence-corrected chi connectivity index (χ4v) is 1.84. The summed E-state index contributed by atoms with van der Waals surface area (Å²) in [4.78, 5) is 14.2. The Morgan fingerprint density at radius 3 is 2.58 bits per heavy atom. The summed E-state index contributed by atoms with van der Waals surface area (Å²) >= 11 is 0. The third-order valence-corrected chi connectivity index (χ3v) is 2.94. The normalized spacial score (nSPS) is 10.1. The first kappa shape index (κ1) is 15.3. The summed E-state index contributed by atoms with van der Waals surface area (Å²) in [5.41, 5.74) is 6.00. The van der Waals surface area contributed by atoms with Crippen LogP contribution in [0, 0.1) is 0 Å². The van der Waals surface area contributed by atoms with Crippen molar-refractivity contribution < 1.29 is 14.3 Å². The lowest BCUT2D eigenvalue weighted by Gasteiger charge is -2.22. The third-order valence-electron chi connectivity index (χ3n) is 2.94. The number of carbonyl (C=O) groups excluding carboxylic acids is 1. The lowest BCUT2D eigenvalue weighted by molar-refractivity contribution is 0.0760. The molecule has 0 aliphatic heterocycles. The standard InChI is InChI=1S/C14H22N2O3/c1-4-16(9-5-8-15)14(17)12-10-11(18-2)6-7-13(12)19-3/h6-7,10H,4-5,8-9,15H2,1-3H3. The second-order valence-electron chi connectivity index (χ2n) is 4.09. The van der Waals surface area contributed by atoms with Gasteiger partial charge >= 0.3 is 0 Å². The molecule has 0 fully saturated rings. The van der Waals surface area contributed by atoms with E-state index in [1.807, 2.05) is 6.92 Å². The van der Waals surface area contributed by atoms with Crippen LogP contribution >= 0.6 is 0 Å². The highest BCUT2D eigenvalue weighted by atomic mass is 16.5. The van der Waals surface area contributed by atoms with Gasteiger partial charge in [0.2, 0.25) is 0 Å². The van der Waals surface area contributed by atoms with Crippen LogP contribution in [0.1, 0.15) is 23.7 Å². The molecule has 0 saturated heterocycles. The Labute approximate surface area is 114 Å². The number of hydrogen-bond acceptors (Lipinski definition) is 4. The zero-order valence-corrected chi connectivity index (χ0v) is 11.8. The van der Waals surface area contributed by atoms with Crippen molar-refractivity contribution in [1.82, 2.24) is 4.90 Å². The Hall–Kier alpha value is -1.75. The number of ether oxygens (including phenoxy) is 2. The molecule has 19 heavy (non-hydrogen) atoms. The van der Waals surface area contributed by atoms with Gasteiger partial charge in [-0.2, -0.15) is 0 Å². The van der Waals surface area contributed by atoms with Crippen molar-refractivity contribution >= 4 is 5.91 Å². The molecule has 0 aliphatic rings. The van der Waals surface area contributed by atoms with Crippen molar-refractivity contribution in [3.05, 3.63) is 23.8 Å². The molecule has 0 unspecified atom stereocenters. The van der Waals surface area contributed by atoms with Gasteiger partial charge in [0.15, 0.2) is 0 Å². The first-order chi connectivity index (χ1) is 9.17. The average Bonchev–Trinajstić information content (AvgIpc) is 2.47. The van der Waals surface area contributed by atoms with E-state index < -0.39 is 0 Å². The molecular weight excluding hydrogens is 244 g/mol. The van der Waals surface area contributed by atoms with Crippen LogP contribution in [0.3, 0.4) is 0 Å². The highest BCUT2D eigenvalue weighted by Gasteiger charge is 2.18. The molecule has 0 bridgehead atoms. The summed E-state index contributed by atoms with van der Waals surface area (Å²) < 4.78 is 10.4. The van der Waals surface area contributed by atoms with Gasteiger partial charge in [0.25, 0.3) is 5.91 Å². The minimum atomic E-state index is -0.0632. The van der Waals surface area contributed by atoms with Gasteiger partial charge in [-0.3, -0.25) is 4.79 Å². The van der Waals surface area contributed by atoms with Crippen LogP contribution in [0.5, 0.6) is 11.5 Å². The summed E-state index contributed by atoms with van der Waals surface area (Å²) in [7, 11) is 3.12. The van der Waals surface area contributed by atoms with Crippen molar-refractivity contribution in [2.75, 3.05) is 33.9 Å². The van der Waals surface area contributed by atoms with Crippen LogP contribution in [0.25, 0.3) is 0 Å². The van der Waals surface area contributed by atoms with E-state index in [-0.39, 0.29) is 5.91 Å². The van der Waals surface area contributed by atoms with E-state index in [0.717, 1.165) is 6.42 Å². The number of nitrogens with two attached hydrogens (primary N) is 1. The van der Waals surface area contributed by atoms with E-state index in [1.165, 1.54) is 0 Å². The molecule has 0 radical (unpaired) electrons. The Morgan fingerprint density at radius 2 is 2.05 bits per heavy atom. The van der Waals surface area contributed by atoms with Gasteiger partial charge in [-0.15, -0.1) is 0 Å². The molecule has 0 atom stereocenters. The van der Waals surface area contributed by atoms with Crippen LogP contribution in [-0.4, -0.2) is 44.7 Å². The largest absolute Gasteiger partial charge is 0.497 e. The number of benzene rings is 1. The van der Waals surface area contributed by atoms with Crippen LogP contribution in [0.15, 0.2) is 18.2 Å². The van der Waals surface area contributed by atoms with E-state index in [9.17, 15) is 4.79 Å². The first-order valence-electron chi connectivity index (χ1n) is 6.39. The van der Waals surface area contributed by atoms with Crippen molar-refractivity contribution in [1.29, 1.82) is 0 Å². The Morgan fingerprint density at radius 1 is 1.32 bits per heavy atom. The van der Waals surface area contributed by atoms with Gasteiger partial charge in [0.1, 0.15) is 11.5 Å². The molecule has 5 heteroatoms. The van der Waals surface area contributed by atoms with Gasteiger partial charge in [-0.25, -0.2) is 0 Å². The minimum absolute atomic E-state index is 0.0632. The zero-order valence-electron chi connectivity index (χ0n) is 11.8. The number of methoxy groups -OCH3 is 2. The topological polar surface area (TPSA) is 64.8 Å². The van der Waals surface area contributed by atoms with Gasteiger partial charge in [0.05, 0.1) is 19.8 Å². The van der Waals surface area contributed by atoms with Gasteiger partial charge in [-0.1, -0.05) is 0 Å². The van der Waals surface area contributed by atoms with Gasteiger partial charge in [-0.05, 0) is 38.1 Å². The quantitative estimate of drug-likeness (QED) is 0.812. The Bertz CT molecular complexity index is 421. The number of amides is 1. The SMILES string of the molecule is CCN(CCCN)C(=O)c1cc(OC)ccc1OC. The highest BCUT2D eigenvalue weighted by Crippen LogP contribution is 2.25. The molecule has 0 heterocycles. The summed E-state index contributed by atoms with van der Waals surface area (Å²) in [6.07, 6.45) is 0.784. The zero-order chi connectivity index (χ0) is 14.3. The van der Waals surface area contributed by atoms with Crippen LogP contribution < -0.4 is 15.2 Å². The summed E-state index contributed by atoms with van der Waals surface area (Å²) in [5.74, 6) is 1.13. The van der Waals surface area contributed by atoms with Crippen molar-refractivity contribution in [3.63, 3.8) is 0 Å². The fourth-order valence-electron chi connectivity index (χ4n) is 1.84. The lowest BCUT2D eigenvalue weighted by atomic mass is 10.1. The smallest absolute Gasteiger partial charge is 0.257 e. The van der Waals surface area contributed by atoms with Crippen molar-refractivity contribution in [2.24, 2.45) is 5.73 Å². The van der Waals surface area contributed by atoms with Crippen molar-refractivity contribution in [2.45, 2.75) is 13.3 Å². The maximum Gasteiger partial charge on any atom is 0.257 e. The number of hydrogen-bond donors (Lipinski definition) is 1. The van der Waals surface area contributed by atoms with E-state index >= 15 is 0 Å². The Kier molecular flexibility index (Phi) is 6.15. The molecular formula is C14H22N2O3. The summed E-state index contributed by atoms with van der Waals surface area (Å²) in [6, 6.07) is 5.21. The van der Waals surface area contributed by atoms with E-state index in [4.69, 9.17) is 15.2 Å². The molecule has 1 amide bonds. The van der Waals surface area contributed by atoms with Crippen LogP contribution in [0.2, 0.25) is 0 Å². The van der Waals surface area contributed by atoms with Crippen LogP contribution in [0.4, 0.5) is 0 Å². The monoisotopic (exact) mass is 266 g/mol. The predicted octanol–water partition coefficient (Wildman–Crippen LogP) is 1.51.